The highest BCUT2D eigenvalue weighted by Gasteiger charge is 2.34. The van der Waals surface area contributed by atoms with E-state index in [-0.39, 0.29) is 0 Å². The van der Waals surface area contributed by atoms with Gasteiger partial charge < -0.3 is 9.13 Å². The van der Waals surface area contributed by atoms with E-state index < -0.39 is 14.3 Å². The molecule has 49 heavy (non-hydrogen) atoms. The van der Waals surface area contributed by atoms with Crippen LogP contribution >= 0.6 is 14.3 Å². The van der Waals surface area contributed by atoms with E-state index in [9.17, 15) is 0 Å². The minimum Gasteiger partial charge on any atom is -0.309 e. The monoisotopic (exact) mass is 668 g/mol. The van der Waals surface area contributed by atoms with Gasteiger partial charge in [-0.1, -0.05) is 158 Å². The third kappa shape index (κ3) is 4.49. The summed E-state index contributed by atoms with van der Waals surface area (Å²) >= 11 is 0. The third-order valence-electron chi connectivity index (χ3n) is 9.52. The molecule has 0 aliphatic rings. The second kappa shape index (κ2) is 11.6. The molecule has 6 heteroatoms. The van der Waals surface area contributed by atoms with Crippen LogP contribution in [0.3, 0.4) is 0 Å². The van der Waals surface area contributed by atoms with E-state index in [2.05, 4.69) is 22.6 Å². The van der Waals surface area contributed by atoms with Crippen LogP contribution in [0.25, 0.3) is 38.4 Å². The molecule has 9 rings (SSSR count). The number of benzene rings is 7. The van der Waals surface area contributed by atoms with Gasteiger partial charge in [0.05, 0.1) is 16.6 Å². The van der Waals surface area contributed by atoms with Gasteiger partial charge in [-0.05, 0) is 29.7 Å². The zero-order valence-corrected chi connectivity index (χ0v) is 28.2. The fourth-order valence-electron chi connectivity index (χ4n) is 7.25. The molecule has 0 unspecified atom stereocenters. The molecule has 2 heterocycles. The molecule has 0 saturated carbocycles. The Bertz CT molecular complexity index is 2680. The van der Waals surface area contributed by atoms with E-state index in [1.165, 1.54) is 0 Å². The van der Waals surface area contributed by atoms with E-state index in [4.69, 9.17) is 4.98 Å². The number of hydrogen-bond donors (Lipinski definition) is 0. The molecule has 234 valence electrons. The summed E-state index contributed by atoms with van der Waals surface area (Å²) in [6, 6.07) is 59.4. The highest BCUT2D eigenvalue weighted by molar-refractivity contribution is 7.86. The van der Waals surface area contributed by atoms with Crippen LogP contribution in [0.5, 0.6) is 0 Å². The molecule has 4 nitrogen and oxygen atoms in total. The molecule has 0 radical (unpaired) electrons. The zero-order valence-electron chi connectivity index (χ0n) is 26.4. The summed E-state index contributed by atoms with van der Waals surface area (Å²) < 4.78 is 33.4. The van der Waals surface area contributed by atoms with Crippen molar-refractivity contribution in [2.45, 2.75) is 0 Å². The highest BCUT2D eigenvalue weighted by Crippen LogP contribution is 2.46. The Morgan fingerprint density at radius 3 is 1.43 bits per heavy atom. The molecule has 0 saturated heterocycles. The maximum Gasteiger partial charge on any atom is 0.173 e. The Balaban J connectivity index is 1.41. The average molecular weight is 669 g/mol. The van der Waals surface area contributed by atoms with Crippen LogP contribution in [0.15, 0.2) is 182 Å². The van der Waals surface area contributed by atoms with Crippen molar-refractivity contribution >= 4 is 84.5 Å². The molecule has 0 atom stereocenters. The van der Waals surface area contributed by atoms with E-state index >= 15 is 9.13 Å². The summed E-state index contributed by atoms with van der Waals surface area (Å²) in [6.45, 7) is 0. The number of imidazole rings is 1. The first kappa shape index (κ1) is 29.6. The first-order valence-electron chi connectivity index (χ1n) is 16.3. The largest absolute Gasteiger partial charge is 0.309 e. The van der Waals surface area contributed by atoms with E-state index in [1.807, 2.05) is 164 Å². The second-order valence-corrected chi connectivity index (χ2v) is 17.7. The summed E-state index contributed by atoms with van der Waals surface area (Å²) in [5.74, 6) is 0. The van der Waals surface area contributed by atoms with E-state index in [0.717, 1.165) is 64.9 Å². The standard InChI is InChI=1S/C43H30N2O2P2/c46-48(31-16-5-1-6-17-31,32-18-7-2-8-19-32)35-28-29-40-39(30-35)44-43-38-25-14-13-24-36(38)37-26-15-27-41(42(37)45(40)43)49(47,33-20-9-3-10-21-33)34-22-11-4-12-23-34/h1-30H. The molecule has 0 aliphatic heterocycles. The molecular formula is C43H30N2O2P2. The van der Waals surface area contributed by atoms with Crippen LogP contribution in [0.4, 0.5) is 0 Å². The number of rotatable bonds is 6. The van der Waals surface area contributed by atoms with Gasteiger partial charge in [-0.2, -0.15) is 0 Å². The summed E-state index contributed by atoms with van der Waals surface area (Å²) in [4.78, 5) is 5.28. The van der Waals surface area contributed by atoms with Crippen molar-refractivity contribution in [1.29, 1.82) is 0 Å². The Hall–Kier alpha value is -5.53. The Kier molecular flexibility index (Phi) is 6.99. The molecule has 2 aromatic heterocycles. The number of fused-ring (bicyclic) bond motifs is 8. The van der Waals surface area contributed by atoms with Crippen LogP contribution in [0.1, 0.15) is 0 Å². The SMILES string of the molecule is O=P(c1ccccc1)(c1ccccc1)c1ccc2c(c1)nc1c3ccccc3c3cccc(P(=O)(c4ccccc4)c4ccccc4)c3n21. The van der Waals surface area contributed by atoms with Crippen molar-refractivity contribution in [3.8, 4) is 0 Å². The van der Waals surface area contributed by atoms with Gasteiger partial charge in [0.15, 0.2) is 14.3 Å². The van der Waals surface area contributed by atoms with Gasteiger partial charge in [0, 0.05) is 42.6 Å². The Morgan fingerprint density at radius 1 is 0.408 bits per heavy atom. The van der Waals surface area contributed by atoms with Gasteiger partial charge in [0.25, 0.3) is 0 Å². The number of pyridine rings is 1. The third-order valence-corrected chi connectivity index (χ3v) is 15.7. The molecule has 7 aromatic carbocycles. The minimum atomic E-state index is -3.37. The topological polar surface area (TPSA) is 51.4 Å². The lowest BCUT2D eigenvalue weighted by Crippen LogP contribution is -2.26. The van der Waals surface area contributed by atoms with Crippen LogP contribution in [-0.2, 0) is 9.13 Å². The van der Waals surface area contributed by atoms with Crippen molar-refractivity contribution in [1.82, 2.24) is 9.38 Å². The molecule has 0 amide bonds. The van der Waals surface area contributed by atoms with E-state index in [0.29, 0.717) is 5.30 Å². The normalized spacial score (nSPS) is 12.2. The fourth-order valence-corrected chi connectivity index (χ4v) is 12.8. The maximum atomic E-state index is 15.9. The zero-order chi connectivity index (χ0) is 33.0. The lowest BCUT2D eigenvalue weighted by molar-refractivity contribution is 0.591. The minimum absolute atomic E-state index is 0.717. The molecule has 0 fully saturated rings. The van der Waals surface area contributed by atoms with Gasteiger partial charge in [0.1, 0.15) is 5.65 Å². The first-order chi connectivity index (χ1) is 24.1. The van der Waals surface area contributed by atoms with Crippen LogP contribution in [0, 0.1) is 0 Å². The molecule has 0 spiro atoms. The van der Waals surface area contributed by atoms with Gasteiger partial charge in [-0.15, -0.1) is 0 Å². The number of aromatic nitrogens is 2. The van der Waals surface area contributed by atoms with Crippen molar-refractivity contribution in [2.24, 2.45) is 0 Å². The maximum absolute atomic E-state index is 15.9. The highest BCUT2D eigenvalue weighted by atomic mass is 31.2. The number of para-hydroxylation sites is 1. The lowest BCUT2D eigenvalue weighted by atomic mass is 10.1. The predicted molar refractivity (Wildman–Crippen MR) is 206 cm³/mol. The van der Waals surface area contributed by atoms with Gasteiger partial charge in [0.2, 0.25) is 0 Å². The lowest BCUT2D eigenvalue weighted by Gasteiger charge is -2.23. The molecule has 0 aliphatic carbocycles. The van der Waals surface area contributed by atoms with Crippen molar-refractivity contribution in [3.05, 3.63) is 182 Å². The van der Waals surface area contributed by atoms with Crippen LogP contribution in [-0.4, -0.2) is 9.38 Å². The Labute approximate surface area is 284 Å². The summed E-state index contributed by atoms with van der Waals surface area (Å²) in [5.41, 5.74) is 3.22. The van der Waals surface area contributed by atoms with Crippen molar-refractivity contribution in [2.75, 3.05) is 0 Å². The molecular weight excluding hydrogens is 638 g/mol. The average Bonchev–Trinajstić information content (AvgIpc) is 3.58. The Morgan fingerprint density at radius 2 is 0.878 bits per heavy atom. The number of nitrogens with zero attached hydrogens (tertiary/aromatic N) is 2. The molecule has 9 aromatic rings. The van der Waals surface area contributed by atoms with Gasteiger partial charge >= 0.3 is 0 Å². The fraction of sp³-hybridized carbons (Fsp3) is 0. The van der Waals surface area contributed by atoms with Gasteiger partial charge in [-0.25, -0.2) is 4.98 Å². The second-order valence-electron chi connectivity index (χ2n) is 12.2. The summed E-state index contributed by atoms with van der Waals surface area (Å²) in [6.07, 6.45) is 0. The number of hydrogen-bond acceptors (Lipinski definition) is 3. The van der Waals surface area contributed by atoms with Crippen molar-refractivity contribution in [3.63, 3.8) is 0 Å². The molecule has 0 bridgehead atoms. The van der Waals surface area contributed by atoms with Gasteiger partial charge in [-0.3, -0.25) is 4.40 Å². The molecule has 0 N–H and O–H groups in total. The van der Waals surface area contributed by atoms with Crippen molar-refractivity contribution < 1.29 is 9.13 Å². The first-order valence-corrected chi connectivity index (χ1v) is 19.7. The quantitative estimate of drug-likeness (QED) is 0.133. The van der Waals surface area contributed by atoms with E-state index in [1.54, 1.807) is 0 Å². The predicted octanol–water partition coefficient (Wildman–Crippen LogP) is 8.07. The van der Waals surface area contributed by atoms with Crippen LogP contribution in [0.2, 0.25) is 0 Å². The summed E-state index contributed by atoms with van der Waals surface area (Å²) in [5, 5.41) is 7.58. The summed E-state index contributed by atoms with van der Waals surface area (Å²) in [7, 11) is -6.60. The van der Waals surface area contributed by atoms with Crippen LogP contribution < -0.4 is 31.8 Å². The smallest absolute Gasteiger partial charge is 0.173 e.